The number of ether oxygens (including phenoxy) is 5. The Kier molecular flexibility index (Phi) is 9.19. The molecule has 3 fully saturated rings. The molecule has 0 N–H and O–H groups in total. The summed E-state index contributed by atoms with van der Waals surface area (Å²) >= 11 is 0. The van der Waals surface area contributed by atoms with Crippen LogP contribution in [0.25, 0.3) is 11.3 Å². The molecule has 44 heavy (non-hydrogen) atoms. The van der Waals surface area contributed by atoms with Crippen LogP contribution >= 0.6 is 0 Å². The smallest absolute Gasteiger partial charge is 0.328 e. The van der Waals surface area contributed by atoms with Crippen molar-refractivity contribution in [3.8, 4) is 17.1 Å². The van der Waals surface area contributed by atoms with Crippen LogP contribution in [-0.2, 0) is 33.8 Å². The topological polar surface area (TPSA) is 113 Å². The average molecular weight is 631 g/mol. The van der Waals surface area contributed by atoms with E-state index < -0.39 is 38.7 Å². The lowest BCUT2D eigenvalue weighted by Crippen LogP contribution is -2.55. The lowest BCUT2D eigenvalue weighted by atomic mass is 9.88. The van der Waals surface area contributed by atoms with E-state index in [0.717, 1.165) is 22.4 Å². The molecule has 242 valence electrons. The van der Waals surface area contributed by atoms with Crippen molar-refractivity contribution < 1.29 is 36.9 Å². The molecule has 1 aromatic heterocycles. The monoisotopic (exact) mass is 630 g/mol. The third-order valence-corrected chi connectivity index (χ3v) is 11.3. The molecule has 2 aliphatic heterocycles. The number of methoxy groups -OCH3 is 1. The lowest BCUT2D eigenvalue weighted by molar-refractivity contribution is -0.160. The SMILES string of the molecule is COC(=O)C1(S(=O)(=O)N2CCC(c3ccc(-c4cccc(OCCOC(C)(C)C)n4)c(C)c3)CC2)CC2OC(C)(C)OC2C1. The molecule has 1 aromatic carbocycles. The van der Waals surface area contributed by atoms with Crippen molar-refractivity contribution in [3.05, 3.63) is 47.5 Å². The van der Waals surface area contributed by atoms with E-state index in [9.17, 15) is 13.2 Å². The van der Waals surface area contributed by atoms with Crippen LogP contribution < -0.4 is 4.74 Å². The van der Waals surface area contributed by atoms with E-state index in [1.165, 1.54) is 11.4 Å². The highest BCUT2D eigenvalue weighted by Crippen LogP contribution is 2.48. The second-order valence-corrected chi connectivity index (χ2v) is 15.8. The van der Waals surface area contributed by atoms with E-state index in [1.54, 1.807) is 13.8 Å². The van der Waals surface area contributed by atoms with Crippen LogP contribution in [-0.4, -0.2) is 85.4 Å². The number of aryl methyl sites for hydroxylation is 1. The zero-order valence-corrected chi connectivity index (χ0v) is 27.7. The van der Waals surface area contributed by atoms with Crippen molar-refractivity contribution in [2.24, 2.45) is 0 Å². The lowest BCUT2D eigenvalue weighted by Gasteiger charge is -2.37. The van der Waals surface area contributed by atoms with Crippen LogP contribution in [0.1, 0.15) is 77.3 Å². The van der Waals surface area contributed by atoms with E-state index in [1.807, 2.05) is 39.0 Å². The summed E-state index contributed by atoms with van der Waals surface area (Å²) < 4.78 is 56.3. The predicted octanol–water partition coefficient (Wildman–Crippen LogP) is 4.99. The van der Waals surface area contributed by atoms with Gasteiger partial charge in [0.15, 0.2) is 10.5 Å². The molecule has 5 rings (SSSR count). The molecule has 3 aliphatic rings. The number of esters is 1. The Morgan fingerprint density at radius 3 is 2.30 bits per heavy atom. The van der Waals surface area contributed by atoms with Gasteiger partial charge in [-0.2, -0.15) is 0 Å². The minimum Gasteiger partial charge on any atom is -0.475 e. The number of piperidine rings is 1. The minimum absolute atomic E-state index is 0.0294. The van der Waals surface area contributed by atoms with Crippen molar-refractivity contribution in [1.29, 1.82) is 0 Å². The number of carbonyl (C=O) groups excluding carboxylic acids is 1. The number of rotatable bonds is 9. The summed E-state index contributed by atoms with van der Waals surface area (Å²) in [6.45, 7) is 13.2. The summed E-state index contributed by atoms with van der Waals surface area (Å²) in [4.78, 5) is 17.8. The van der Waals surface area contributed by atoms with Crippen molar-refractivity contribution in [3.63, 3.8) is 0 Å². The normalized spacial score (nSPS) is 26.0. The Hall–Kier alpha value is -2.57. The van der Waals surface area contributed by atoms with Gasteiger partial charge in [0.1, 0.15) is 6.61 Å². The van der Waals surface area contributed by atoms with Crippen molar-refractivity contribution in [2.75, 3.05) is 33.4 Å². The third kappa shape index (κ3) is 6.67. The van der Waals surface area contributed by atoms with Crippen LogP contribution in [0.5, 0.6) is 5.88 Å². The number of hydrogen-bond donors (Lipinski definition) is 0. The zero-order valence-electron chi connectivity index (χ0n) is 26.9. The molecule has 3 heterocycles. The molecular weight excluding hydrogens is 584 g/mol. The fraction of sp³-hybridized carbons (Fsp3) is 0.636. The van der Waals surface area contributed by atoms with E-state index in [4.69, 9.17) is 28.7 Å². The van der Waals surface area contributed by atoms with Gasteiger partial charge in [-0.1, -0.05) is 24.3 Å². The summed E-state index contributed by atoms with van der Waals surface area (Å²) in [6, 6.07) is 12.1. The Morgan fingerprint density at radius 2 is 1.70 bits per heavy atom. The first-order valence-electron chi connectivity index (χ1n) is 15.4. The molecule has 2 aromatic rings. The van der Waals surface area contributed by atoms with Crippen molar-refractivity contribution in [1.82, 2.24) is 9.29 Å². The average Bonchev–Trinajstić information content (AvgIpc) is 3.46. The Balaban J connectivity index is 1.24. The fourth-order valence-electron chi connectivity index (χ4n) is 6.70. The zero-order chi connectivity index (χ0) is 31.9. The third-order valence-electron chi connectivity index (χ3n) is 8.78. The number of sulfonamides is 1. The highest BCUT2D eigenvalue weighted by Gasteiger charge is 2.65. The minimum atomic E-state index is -4.02. The summed E-state index contributed by atoms with van der Waals surface area (Å²) in [6.07, 6.45) is 0.425. The highest BCUT2D eigenvalue weighted by molar-refractivity contribution is 7.91. The number of benzene rings is 1. The largest absolute Gasteiger partial charge is 0.475 e. The highest BCUT2D eigenvalue weighted by atomic mass is 32.2. The number of hydrogen-bond acceptors (Lipinski definition) is 9. The van der Waals surface area contributed by atoms with E-state index >= 15 is 0 Å². The van der Waals surface area contributed by atoms with Gasteiger partial charge in [-0.05, 0) is 77.5 Å². The molecule has 2 unspecified atom stereocenters. The molecule has 0 radical (unpaired) electrons. The maximum Gasteiger partial charge on any atom is 0.328 e. The molecule has 1 saturated carbocycles. The fourth-order valence-corrected chi connectivity index (χ4v) is 8.93. The van der Waals surface area contributed by atoms with Gasteiger partial charge >= 0.3 is 5.97 Å². The van der Waals surface area contributed by atoms with E-state index in [0.29, 0.717) is 45.0 Å². The maximum absolute atomic E-state index is 14.0. The molecule has 1 aliphatic carbocycles. The van der Waals surface area contributed by atoms with Gasteiger partial charge in [0.25, 0.3) is 0 Å². The van der Waals surface area contributed by atoms with Gasteiger partial charge in [0, 0.05) is 37.6 Å². The molecular formula is C33H46N2O8S. The first-order valence-corrected chi connectivity index (χ1v) is 16.9. The quantitative estimate of drug-likeness (QED) is 0.279. The van der Waals surface area contributed by atoms with Crippen molar-refractivity contribution >= 4 is 16.0 Å². The Morgan fingerprint density at radius 1 is 1.05 bits per heavy atom. The number of fused-ring (bicyclic) bond motifs is 1. The molecule has 10 nitrogen and oxygen atoms in total. The second-order valence-electron chi connectivity index (χ2n) is 13.5. The van der Waals surface area contributed by atoms with Crippen LogP contribution in [0.4, 0.5) is 0 Å². The second kappa shape index (κ2) is 12.3. The molecule has 2 atom stereocenters. The Bertz CT molecular complexity index is 1440. The van der Waals surface area contributed by atoms with Crippen molar-refractivity contribution in [2.45, 2.75) is 101 Å². The van der Waals surface area contributed by atoms with Gasteiger partial charge in [0.2, 0.25) is 15.9 Å². The number of carbonyl (C=O) groups is 1. The summed E-state index contributed by atoms with van der Waals surface area (Å²) in [5.74, 6) is -0.799. The summed E-state index contributed by atoms with van der Waals surface area (Å²) in [5.41, 5.74) is 3.88. The predicted molar refractivity (Wildman–Crippen MR) is 166 cm³/mol. The molecule has 0 spiro atoms. The maximum atomic E-state index is 14.0. The summed E-state index contributed by atoms with van der Waals surface area (Å²) in [7, 11) is -2.78. The van der Waals surface area contributed by atoms with Gasteiger partial charge in [0.05, 0.1) is 37.2 Å². The van der Waals surface area contributed by atoms with Gasteiger partial charge in [-0.15, -0.1) is 0 Å². The number of aromatic nitrogens is 1. The number of nitrogens with zero attached hydrogens (tertiary/aromatic N) is 2. The molecule has 0 amide bonds. The standard InChI is InChI=1S/C33H46N2O8S/c1-22-19-24(11-12-25(22)26-9-8-10-29(34-26)40-17-18-41-31(2,3)4)23-13-15-35(16-14-23)44(37,38)33(30(36)39-7)20-27-28(21-33)43-32(5,6)42-27/h8-12,19,23,27-28H,13-18,20-21H2,1-7H3. The first-order chi connectivity index (χ1) is 20.6. The van der Waals surface area contributed by atoms with E-state index in [2.05, 4.69) is 25.1 Å². The Labute approximate surface area is 261 Å². The van der Waals surface area contributed by atoms with Crippen LogP contribution in [0, 0.1) is 6.92 Å². The van der Waals surface area contributed by atoms with Crippen LogP contribution in [0.2, 0.25) is 0 Å². The van der Waals surface area contributed by atoms with E-state index in [-0.39, 0.29) is 24.4 Å². The molecule has 0 bridgehead atoms. The van der Waals surface area contributed by atoms with Gasteiger partial charge < -0.3 is 23.7 Å². The number of pyridine rings is 1. The summed E-state index contributed by atoms with van der Waals surface area (Å²) in [5, 5.41) is 0. The molecule has 2 saturated heterocycles. The first kappa shape index (κ1) is 32.8. The van der Waals surface area contributed by atoms with Crippen LogP contribution in [0.15, 0.2) is 36.4 Å². The van der Waals surface area contributed by atoms with Gasteiger partial charge in [-0.25, -0.2) is 17.7 Å². The van der Waals surface area contributed by atoms with Crippen LogP contribution in [0.3, 0.4) is 0 Å². The van der Waals surface area contributed by atoms with Gasteiger partial charge in [-0.3, -0.25) is 4.79 Å². The molecule has 11 heteroatoms.